The Balaban J connectivity index is 1.47. The van der Waals surface area contributed by atoms with Crippen LogP contribution in [-0.4, -0.2) is 24.4 Å². The molecule has 3 aliphatic heterocycles. The van der Waals surface area contributed by atoms with E-state index < -0.39 is 10.7 Å². The van der Waals surface area contributed by atoms with Crippen molar-refractivity contribution in [3.05, 3.63) is 88.5 Å². The molecule has 3 aromatic rings. The maximum absolute atomic E-state index is 14.0. The van der Waals surface area contributed by atoms with Crippen LogP contribution in [0.1, 0.15) is 32.6 Å². The van der Waals surface area contributed by atoms with Crippen molar-refractivity contribution in [3.63, 3.8) is 0 Å². The highest BCUT2D eigenvalue weighted by atomic mass is 35.5. The van der Waals surface area contributed by atoms with Crippen molar-refractivity contribution in [1.82, 2.24) is 0 Å². The summed E-state index contributed by atoms with van der Waals surface area (Å²) in [4.78, 5) is 27.4. The van der Waals surface area contributed by atoms with Gasteiger partial charge in [0.15, 0.2) is 0 Å². The number of para-hydroxylation sites is 1. The van der Waals surface area contributed by atoms with Crippen molar-refractivity contribution in [3.8, 4) is 11.5 Å². The molecule has 0 aromatic heterocycles. The van der Waals surface area contributed by atoms with Crippen LogP contribution in [0.3, 0.4) is 0 Å². The minimum Gasteiger partial charge on any atom is -0.493 e. The number of benzene rings is 3. The molecule has 1 unspecified atom stereocenters. The monoisotopic (exact) mass is 431 g/mol. The zero-order chi connectivity index (χ0) is 21.2. The van der Waals surface area contributed by atoms with Gasteiger partial charge in [-0.3, -0.25) is 9.59 Å². The molecule has 0 bridgehead atoms. The molecular weight excluding hydrogens is 414 g/mol. The summed E-state index contributed by atoms with van der Waals surface area (Å²) in [5.74, 6) is 1.53. The number of fused-ring (bicyclic) bond motifs is 5. The smallest absolute Gasteiger partial charge is 0.252 e. The zero-order valence-corrected chi connectivity index (χ0v) is 17.3. The normalized spacial score (nSPS) is 20.3. The lowest BCUT2D eigenvalue weighted by molar-refractivity contribution is -0.122. The fourth-order valence-corrected chi connectivity index (χ4v) is 5.10. The highest BCUT2D eigenvalue weighted by molar-refractivity contribution is 6.67. The average Bonchev–Trinajstić information content (AvgIpc) is 3.45. The molecule has 3 aromatic carbocycles. The average molecular weight is 432 g/mol. The molecule has 0 fully saturated rings. The Hall–Kier alpha value is -3.31. The minimum absolute atomic E-state index is 0.0195. The quantitative estimate of drug-likeness (QED) is 0.582. The molecular formula is C25H18ClNO4. The second-order valence-corrected chi connectivity index (χ2v) is 8.47. The number of carbonyl (C=O) groups excluding carboxylic acids is 2. The van der Waals surface area contributed by atoms with Crippen LogP contribution < -0.4 is 14.4 Å². The van der Waals surface area contributed by atoms with E-state index >= 15 is 0 Å². The van der Waals surface area contributed by atoms with Crippen LogP contribution in [0.2, 0.25) is 0 Å². The van der Waals surface area contributed by atoms with Crippen LogP contribution in [0.5, 0.6) is 11.5 Å². The topological polar surface area (TPSA) is 55.8 Å². The van der Waals surface area contributed by atoms with Crippen molar-refractivity contribution in [2.45, 2.75) is 18.4 Å². The van der Waals surface area contributed by atoms with Crippen LogP contribution in [0.15, 0.2) is 60.7 Å². The molecule has 3 aliphatic rings. The van der Waals surface area contributed by atoms with E-state index in [1.54, 1.807) is 23.1 Å². The van der Waals surface area contributed by atoms with Gasteiger partial charge in [-0.2, -0.15) is 0 Å². The summed E-state index contributed by atoms with van der Waals surface area (Å²) in [6.45, 7) is 1.26. The number of amides is 1. The summed E-state index contributed by atoms with van der Waals surface area (Å²) in [7, 11) is 0. The van der Waals surface area contributed by atoms with Crippen molar-refractivity contribution < 1.29 is 19.1 Å². The molecule has 3 heterocycles. The van der Waals surface area contributed by atoms with Gasteiger partial charge in [-0.05, 0) is 46.5 Å². The molecule has 0 saturated heterocycles. The van der Waals surface area contributed by atoms with Gasteiger partial charge < -0.3 is 14.4 Å². The Morgan fingerprint density at radius 2 is 1.87 bits per heavy atom. The Bertz CT molecular complexity index is 1270. The number of carbonyl (C=O) groups is 2. The Kier molecular flexibility index (Phi) is 3.93. The maximum Gasteiger partial charge on any atom is 0.252 e. The minimum atomic E-state index is -0.872. The first kappa shape index (κ1) is 18.5. The molecule has 6 rings (SSSR count). The fraction of sp³-hybridized carbons (Fsp3) is 0.200. The van der Waals surface area contributed by atoms with Gasteiger partial charge in [0, 0.05) is 29.3 Å². The van der Waals surface area contributed by atoms with Crippen molar-refractivity contribution in [2.75, 3.05) is 18.1 Å². The molecule has 0 aliphatic carbocycles. The van der Waals surface area contributed by atoms with Crippen LogP contribution in [0, 0.1) is 0 Å². The van der Waals surface area contributed by atoms with E-state index in [4.69, 9.17) is 21.1 Å². The molecule has 0 N–H and O–H groups in total. The molecule has 1 spiro atoms. The summed E-state index contributed by atoms with van der Waals surface area (Å²) in [5, 5.41) is -0.513. The van der Waals surface area contributed by atoms with E-state index in [9.17, 15) is 9.59 Å². The highest BCUT2D eigenvalue weighted by Crippen LogP contribution is 2.54. The fourth-order valence-electron chi connectivity index (χ4n) is 4.98. The first-order valence-electron chi connectivity index (χ1n) is 10.2. The molecule has 154 valence electrons. The van der Waals surface area contributed by atoms with Gasteiger partial charge in [0.1, 0.15) is 23.5 Å². The van der Waals surface area contributed by atoms with Crippen LogP contribution in [0.4, 0.5) is 5.69 Å². The zero-order valence-electron chi connectivity index (χ0n) is 16.6. The number of ether oxygens (including phenoxy) is 2. The third kappa shape index (κ3) is 2.56. The summed E-state index contributed by atoms with van der Waals surface area (Å²) in [6, 6.07) is 18.9. The van der Waals surface area contributed by atoms with Gasteiger partial charge in [-0.25, -0.2) is 0 Å². The predicted molar refractivity (Wildman–Crippen MR) is 116 cm³/mol. The first-order valence-corrected chi connectivity index (χ1v) is 10.6. The van der Waals surface area contributed by atoms with E-state index in [0.29, 0.717) is 24.5 Å². The Morgan fingerprint density at radius 1 is 1.00 bits per heavy atom. The third-order valence-electron chi connectivity index (χ3n) is 6.46. The molecule has 1 atom stereocenters. The van der Waals surface area contributed by atoms with E-state index in [0.717, 1.165) is 40.1 Å². The SMILES string of the molecule is O=C(Cl)c1cccc(CN2C(=O)C3(COc4cc5c(cc43)CCO5)c3ccccc32)c1. The van der Waals surface area contributed by atoms with E-state index in [1.165, 1.54) is 0 Å². The molecule has 5 nitrogen and oxygen atoms in total. The van der Waals surface area contributed by atoms with Gasteiger partial charge in [0.2, 0.25) is 5.91 Å². The van der Waals surface area contributed by atoms with Gasteiger partial charge in [0.05, 0.1) is 13.2 Å². The predicted octanol–water partition coefficient (Wildman–Crippen LogP) is 4.23. The van der Waals surface area contributed by atoms with Crippen LogP contribution in [-0.2, 0) is 23.2 Å². The number of nitrogens with zero attached hydrogens (tertiary/aromatic N) is 1. The summed E-state index contributed by atoms with van der Waals surface area (Å²) < 4.78 is 11.7. The van der Waals surface area contributed by atoms with E-state index in [2.05, 4.69) is 6.07 Å². The molecule has 1 amide bonds. The highest BCUT2D eigenvalue weighted by Gasteiger charge is 2.57. The van der Waals surface area contributed by atoms with Crippen LogP contribution in [0.25, 0.3) is 0 Å². The van der Waals surface area contributed by atoms with Crippen LogP contribution >= 0.6 is 11.6 Å². The molecule has 0 saturated carbocycles. The number of hydrogen-bond donors (Lipinski definition) is 0. The second-order valence-electron chi connectivity index (χ2n) is 8.13. The van der Waals surface area contributed by atoms with Gasteiger partial charge in [-0.15, -0.1) is 0 Å². The van der Waals surface area contributed by atoms with E-state index in [-0.39, 0.29) is 12.5 Å². The van der Waals surface area contributed by atoms with Crippen molar-refractivity contribution in [1.29, 1.82) is 0 Å². The number of hydrogen-bond acceptors (Lipinski definition) is 4. The largest absolute Gasteiger partial charge is 0.493 e. The summed E-state index contributed by atoms with van der Waals surface area (Å²) in [6.07, 6.45) is 0.831. The molecule has 6 heteroatoms. The maximum atomic E-state index is 14.0. The van der Waals surface area contributed by atoms with Gasteiger partial charge in [0.25, 0.3) is 5.24 Å². The summed E-state index contributed by atoms with van der Waals surface area (Å²) in [5.41, 5.74) is 4.21. The Labute approximate surface area is 184 Å². The number of rotatable bonds is 3. The second kappa shape index (κ2) is 6.59. The molecule has 0 radical (unpaired) electrons. The van der Waals surface area contributed by atoms with Crippen molar-refractivity contribution in [2.24, 2.45) is 0 Å². The Morgan fingerprint density at radius 3 is 2.74 bits per heavy atom. The number of anilines is 1. The van der Waals surface area contributed by atoms with Gasteiger partial charge in [-0.1, -0.05) is 36.4 Å². The lowest BCUT2D eigenvalue weighted by Gasteiger charge is -2.23. The molecule has 31 heavy (non-hydrogen) atoms. The first-order chi connectivity index (χ1) is 15.1. The lowest BCUT2D eigenvalue weighted by Crippen LogP contribution is -2.42. The summed E-state index contributed by atoms with van der Waals surface area (Å²) >= 11 is 5.66. The third-order valence-corrected chi connectivity index (χ3v) is 6.67. The van der Waals surface area contributed by atoms with Crippen molar-refractivity contribution >= 4 is 28.4 Å². The van der Waals surface area contributed by atoms with E-state index in [1.807, 2.05) is 36.4 Å². The standard InChI is InChI=1S/C25H18ClNO4/c26-23(28)17-5-3-4-15(10-17)13-27-20-7-2-1-6-18(20)25(24(27)29)14-31-22-12-21-16(8-9-30-21)11-19(22)25/h1-7,10-12H,8-9,13-14H2. The van der Waals surface area contributed by atoms with Gasteiger partial charge >= 0.3 is 0 Å². The number of halogens is 1. The lowest BCUT2D eigenvalue weighted by atomic mass is 9.76.